The molecule has 2 N–H and O–H groups in total. The highest BCUT2D eigenvalue weighted by molar-refractivity contribution is 6.10. The predicted molar refractivity (Wildman–Crippen MR) is 318 cm³/mol. The minimum Gasteiger partial charge on any atom is -0.325 e. The number of hydrogen-bond donors (Lipinski definition) is 2. The van der Waals surface area contributed by atoms with E-state index in [9.17, 15) is 9.59 Å². The number of amides is 2. The maximum Gasteiger partial charge on any atom is 0.237 e. The molecule has 78 heavy (non-hydrogen) atoms. The molecule has 14 rings (SSSR count). The Morgan fingerprint density at radius 3 is 1.10 bits per heavy atom. The van der Waals surface area contributed by atoms with Crippen molar-refractivity contribution in [2.45, 2.75) is 101 Å². The summed E-state index contributed by atoms with van der Waals surface area (Å²) in [6.45, 7) is 14.8. The SMILES string of the molecule is Cc1cccc(/C=C2\CCN3[C@H](c4cccc(C)c4)[C@@H](c4cccc(C)c4)[C@@]4(C(=O)Nc5ccccc54)[C@@H]23)c1.Cc1cccc(/C=C2\CCN3[C@H](c4cccc(C)c4)[C@@H](c4cccc(C)c4)[C@@]4(C(=O)Nc5ccccc54)[C@@H]23)c1. The molecule has 8 aromatic rings. The standard InChI is InChI=1S/2C36H34N2O/c2*1-23-9-6-12-26(19-23)22-29-17-18-38-33(28-14-8-11-25(3)21-28)32(27-13-7-10-24(2)20-27)36(34(29)38)30-15-4-5-16-31(30)37-35(36)39/h2*4-16,19-22,32-34H,17-18H2,1-3H3,(H,37,39)/b2*29-22+/t2*32-,33-,34-,36-/m11/s1. The number of rotatable bonds is 6. The van der Waals surface area contributed by atoms with Gasteiger partial charge >= 0.3 is 0 Å². The van der Waals surface area contributed by atoms with Crippen molar-refractivity contribution in [2.24, 2.45) is 0 Å². The Bertz CT molecular complexity index is 3510. The van der Waals surface area contributed by atoms with Crippen LogP contribution in [0.1, 0.15) is 115 Å². The van der Waals surface area contributed by atoms with Gasteiger partial charge in [0.2, 0.25) is 11.8 Å². The van der Waals surface area contributed by atoms with Crippen LogP contribution in [0.2, 0.25) is 0 Å². The monoisotopic (exact) mass is 1020 g/mol. The molecule has 8 aromatic carbocycles. The van der Waals surface area contributed by atoms with Gasteiger partial charge in [0, 0.05) is 48.4 Å². The molecule has 388 valence electrons. The predicted octanol–water partition coefficient (Wildman–Crippen LogP) is 15.0. The Morgan fingerprint density at radius 1 is 0.397 bits per heavy atom. The third kappa shape index (κ3) is 7.97. The highest BCUT2D eigenvalue weighted by atomic mass is 16.2. The summed E-state index contributed by atoms with van der Waals surface area (Å²) in [4.78, 5) is 34.5. The van der Waals surface area contributed by atoms with Crippen LogP contribution in [-0.2, 0) is 20.4 Å². The van der Waals surface area contributed by atoms with Gasteiger partial charge in [-0.25, -0.2) is 0 Å². The van der Waals surface area contributed by atoms with Crippen molar-refractivity contribution in [1.82, 2.24) is 9.80 Å². The van der Waals surface area contributed by atoms with E-state index in [1.807, 2.05) is 12.1 Å². The van der Waals surface area contributed by atoms with Crippen LogP contribution in [0.5, 0.6) is 0 Å². The van der Waals surface area contributed by atoms with Crippen LogP contribution in [0.3, 0.4) is 0 Å². The van der Waals surface area contributed by atoms with Gasteiger partial charge in [-0.3, -0.25) is 19.4 Å². The summed E-state index contributed by atoms with van der Waals surface area (Å²) in [6.07, 6.45) is 6.64. The van der Waals surface area contributed by atoms with E-state index in [0.717, 1.165) is 48.4 Å². The van der Waals surface area contributed by atoms with Crippen molar-refractivity contribution in [3.05, 3.63) is 283 Å². The van der Waals surface area contributed by atoms with Gasteiger partial charge in [-0.05, 0) is 122 Å². The van der Waals surface area contributed by atoms with Crippen molar-refractivity contribution >= 4 is 35.3 Å². The summed E-state index contributed by atoms with van der Waals surface area (Å²) in [5.41, 5.74) is 20.3. The van der Waals surface area contributed by atoms with Gasteiger partial charge in [-0.1, -0.05) is 228 Å². The first-order chi connectivity index (χ1) is 37.9. The van der Waals surface area contributed by atoms with Crippen LogP contribution in [0.25, 0.3) is 12.2 Å². The molecule has 6 heteroatoms. The summed E-state index contributed by atoms with van der Waals surface area (Å²) in [7, 11) is 0. The molecule has 4 fully saturated rings. The third-order valence-corrected chi connectivity index (χ3v) is 18.2. The van der Waals surface area contributed by atoms with E-state index < -0.39 is 10.8 Å². The van der Waals surface area contributed by atoms with Crippen LogP contribution in [0.15, 0.2) is 205 Å². The molecule has 6 nitrogen and oxygen atoms in total. The van der Waals surface area contributed by atoms with Crippen LogP contribution in [-0.4, -0.2) is 46.8 Å². The van der Waals surface area contributed by atoms with Gasteiger partial charge in [0.05, 0.1) is 12.1 Å². The van der Waals surface area contributed by atoms with Crippen LogP contribution in [0, 0.1) is 41.5 Å². The lowest BCUT2D eigenvalue weighted by molar-refractivity contribution is -0.122. The van der Waals surface area contributed by atoms with Gasteiger partial charge in [-0.2, -0.15) is 0 Å². The van der Waals surface area contributed by atoms with E-state index in [4.69, 9.17) is 0 Å². The second kappa shape index (κ2) is 19.5. The minimum atomic E-state index is -0.731. The fraction of sp³-hybridized carbons (Fsp3) is 0.250. The molecule has 2 spiro atoms. The quantitative estimate of drug-likeness (QED) is 0.174. The van der Waals surface area contributed by atoms with Gasteiger partial charge in [0.15, 0.2) is 0 Å². The average molecular weight is 1020 g/mol. The Hall–Kier alpha value is -7.90. The number of carbonyl (C=O) groups is 2. The van der Waals surface area contributed by atoms with Gasteiger partial charge < -0.3 is 10.6 Å². The second-order valence-electron chi connectivity index (χ2n) is 23.3. The summed E-state index contributed by atoms with van der Waals surface area (Å²) < 4.78 is 0. The lowest BCUT2D eigenvalue weighted by atomic mass is 9.62. The number of benzene rings is 8. The Morgan fingerprint density at radius 2 is 0.731 bits per heavy atom. The molecular weight excluding hydrogens is 953 g/mol. The Balaban J connectivity index is 0.000000148. The van der Waals surface area contributed by atoms with Crippen molar-refractivity contribution in [2.75, 3.05) is 23.7 Å². The average Bonchev–Trinajstić information content (AvgIpc) is 4.42. The van der Waals surface area contributed by atoms with E-state index in [2.05, 4.69) is 256 Å². The summed E-state index contributed by atoms with van der Waals surface area (Å²) >= 11 is 0. The largest absolute Gasteiger partial charge is 0.325 e. The molecule has 0 aromatic heterocycles. The van der Waals surface area contributed by atoms with E-state index in [1.54, 1.807) is 0 Å². The van der Waals surface area contributed by atoms with Gasteiger partial charge in [-0.15, -0.1) is 0 Å². The summed E-state index contributed by atoms with van der Waals surface area (Å²) in [5.74, 6) is 0.179. The summed E-state index contributed by atoms with van der Waals surface area (Å²) in [6, 6.07) is 69.8. The minimum absolute atomic E-state index is 0.0299. The normalized spacial score (nSPS) is 26.7. The fourth-order valence-electron chi connectivity index (χ4n) is 15.5. The lowest BCUT2D eigenvalue weighted by Gasteiger charge is -2.36. The zero-order chi connectivity index (χ0) is 53.5. The third-order valence-electron chi connectivity index (χ3n) is 18.2. The summed E-state index contributed by atoms with van der Waals surface area (Å²) in [5, 5.41) is 6.68. The number of nitrogens with zero attached hydrogens (tertiary/aromatic N) is 2. The Labute approximate surface area is 460 Å². The molecular formula is C72H68N4O2. The van der Waals surface area contributed by atoms with E-state index in [-0.39, 0.29) is 47.8 Å². The highest BCUT2D eigenvalue weighted by Gasteiger charge is 2.70. The first kappa shape index (κ1) is 49.7. The highest BCUT2D eigenvalue weighted by Crippen LogP contribution is 2.67. The van der Waals surface area contributed by atoms with Crippen molar-refractivity contribution in [3.63, 3.8) is 0 Å². The van der Waals surface area contributed by atoms with Crippen LogP contribution < -0.4 is 10.6 Å². The van der Waals surface area contributed by atoms with E-state index in [0.29, 0.717) is 0 Å². The van der Waals surface area contributed by atoms with Crippen molar-refractivity contribution in [3.8, 4) is 0 Å². The van der Waals surface area contributed by atoms with Crippen LogP contribution >= 0.6 is 0 Å². The molecule has 0 radical (unpaired) electrons. The maximum absolute atomic E-state index is 14.6. The first-order valence-corrected chi connectivity index (χ1v) is 28.1. The lowest BCUT2D eigenvalue weighted by Crippen LogP contribution is -2.48. The molecule has 0 bridgehead atoms. The molecule has 4 saturated heterocycles. The molecule has 0 unspecified atom stereocenters. The zero-order valence-electron chi connectivity index (χ0n) is 45.6. The molecule has 6 aliphatic rings. The smallest absolute Gasteiger partial charge is 0.237 e. The number of para-hydroxylation sites is 2. The van der Waals surface area contributed by atoms with Gasteiger partial charge in [0.1, 0.15) is 10.8 Å². The Kier molecular flexibility index (Phi) is 12.4. The zero-order valence-corrected chi connectivity index (χ0v) is 45.6. The number of aryl methyl sites for hydroxylation is 6. The topological polar surface area (TPSA) is 64.7 Å². The maximum atomic E-state index is 14.6. The van der Waals surface area contributed by atoms with Gasteiger partial charge in [0.25, 0.3) is 0 Å². The van der Waals surface area contributed by atoms with Crippen molar-refractivity contribution in [1.29, 1.82) is 0 Å². The molecule has 0 saturated carbocycles. The molecule has 2 amide bonds. The molecule has 0 aliphatic carbocycles. The fourth-order valence-corrected chi connectivity index (χ4v) is 15.5. The van der Waals surface area contributed by atoms with Crippen LogP contribution in [0.4, 0.5) is 11.4 Å². The number of anilines is 2. The number of nitrogens with one attached hydrogen (secondary N) is 2. The molecule has 6 heterocycles. The number of hydrogen-bond acceptors (Lipinski definition) is 4. The van der Waals surface area contributed by atoms with E-state index >= 15 is 0 Å². The van der Waals surface area contributed by atoms with E-state index in [1.165, 1.54) is 77.9 Å². The van der Waals surface area contributed by atoms with Crippen molar-refractivity contribution < 1.29 is 9.59 Å². The first-order valence-electron chi connectivity index (χ1n) is 28.1. The molecule has 6 aliphatic heterocycles. The molecule has 8 atom stereocenters. The number of fused-ring (bicyclic) bond motifs is 8. The number of carbonyl (C=O) groups excluding carboxylic acids is 2. The second-order valence-corrected chi connectivity index (χ2v) is 23.3.